The van der Waals surface area contributed by atoms with Gasteiger partial charge in [0.2, 0.25) is 11.8 Å². The molecule has 7 nitrogen and oxygen atoms in total. The Hall–Kier alpha value is -2.90. The normalized spacial score (nSPS) is 17.1. The van der Waals surface area contributed by atoms with Crippen LogP contribution in [-0.4, -0.2) is 38.0 Å². The van der Waals surface area contributed by atoms with Gasteiger partial charge in [0, 0.05) is 25.2 Å². The molecular formula is C22H21Cl2N5O2. The van der Waals surface area contributed by atoms with Crippen LogP contribution in [0, 0.1) is 12.8 Å². The van der Waals surface area contributed by atoms with Crippen molar-refractivity contribution in [1.29, 1.82) is 0 Å². The summed E-state index contributed by atoms with van der Waals surface area (Å²) in [4.78, 5) is 31.6. The van der Waals surface area contributed by atoms with Crippen LogP contribution in [-0.2, 0) is 9.59 Å². The fourth-order valence-corrected chi connectivity index (χ4v) is 4.19. The lowest BCUT2D eigenvalue weighted by atomic mass is 10.1. The molecule has 1 N–H and O–H groups in total. The molecule has 0 bridgehead atoms. The summed E-state index contributed by atoms with van der Waals surface area (Å²) in [5, 5.41) is 7.98. The molecule has 0 saturated carbocycles. The molecule has 0 spiro atoms. The Morgan fingerprint density at radius 3 is 2.68 bits per heavy atom. The zero-order valence-corrected chi connectivity index (χ0v) is 18.6. The monoisotopic (exact) mass is 457 g/mol. The maximum atomic E-state index is 13.0. The summed E-state index contributed by atoms with van der Waals surface area (Å²) < 4.78 is 1.47. The number of benzene rings is 1. The number of likely N-dealkylation sites (tertiary alicyclic amines) is 1. The van der Waals surface area contributed by atoms with E-state index >= 15 is 0 Å². The van der Waals surface area contributed by atoms with Gasteiger partial charge in [-0.3, -0.25) is 9.59 Å². The number of aromatic nitrogens is 3. The van der Waals surface area contributed by atoms with Crippen molar-refractivity contribution in [2.75, 3.05) is 11.9 Å². The van der Waals surface area contributed by atoms with Gasteiger partial charge in [-0.15, -0.1) is 0 Å². The van der Waals surface area contributed by atoms with Crippen molar-refractivity contribution in [1.82, 2.24) is 19.7 Å². The lowest BCUT2D eigenvalue weighted by Gasteiger charge is -2.25. The number of hydrogen-bond donors (Lipinski definition) is 1. The zero-order valence-electron chi connectivity index (χ0n) is 17.0. The minimum absolute atomic E-state index is 0.0383. The molecule has 2 aromatic heterocycles. The van der Waals surface area contributed by atoms with E-state index in [0.717, 1.165) is 5.56 Å². The van der Waals surface area contributed by atoms with E-state index in [2.05, 4.69) is 15.4 Å². The fourth-order valence-electron chi connectivity index (χ4n) is 3.73. The van der Waals surface area contributed by atoms with Gasteiger partial charge in [0.15, 0.2) is 5.82 Å². The van der Waals surface area contributed by atoms with Gasteiger partial charge in [-0.2, -0.15) is 9.78 Å². The predicted octanol–water partition coefficient (Wildman–Crippen LogP) is 4.43. The number of rotatable bonds is 5. The Morgan fingerprint density at radius 1 is 1.23 bits per heavy atom. The van der Waals surface area contributed by atoms with Crippen molar-refractivity contribution in [2.45, 2.75) is 26.3 Å². The van der Waals surface area contributed by atoms with Crippen molar-refractivity contribution in [3.63, 3.8) is 0 Å². The minimum atomic E-state index is -0.462. The molecule has 160 valence electrons. The maximum Gasteiger partial charge on any atom is 0.230 e. The van der Waals surface area contributed by atoms with Crippen LogP contribution in [0.25, 0.3) is 5.82 Å². The quantitative estimate of drug-likeness (QED) is 0.614. The zero-order chi connectivity index (χ0) is 22.1. The maximum absolute atomic E-state index is 13.0. The lowest BCUT2D eigenvalue weighted by Crippen LogP contribution is -2.30. The van der Waals surface area contributed by atoms with Gasteiger partial charge in [0.1, 0.15) is 5.82 Å². The summed E-state index contributed by atoms with van der Waals surface area (Å²) in [5.74, 6) is 0.0411. The van der Waals surface area contributed by atoms with Crippen molar-refractivity contribution < 1.29 is 9.59 Å². The molecule has 2 unspecified atom stereocenters. The Labute approximate surface area is 190 Å². The van der Waals surface area contributed by atoms with Gasteiger partial charge in [0.05, 0.1) is 27.7 Å². The molecule has 1 aromatic carbocycles. The smallest absolute Gasteiger partial charge is 0.230 e. The Bertz CT molecular complexity index is 1130. The van der Waals surface area contributed by atoms with Gasteiger partial charge in [-0.25, -0.2) is 4.98 Å². The second-order valence-corrected chi connectivity index (χ2v) is 8.41. The van der Waals surface area contributed by atoms with E-state index in [1.165, 1.54) is 10.9 Å². The van der Waals surface area contributed by atoms with Crippen LogP contribution in [0.1, 0.15) is 30.6 Å². The van der Waals surface area contributed by atoms with Crippen LogP contribution >= 0.6 is 23.2 Å². The van der Waals surface area contributed by atoms with Crippen LogP contribution in [0.15, 0.2) is 48.7 Å². The standard InChI is InChI=1S/C22H21Cl2N5O2/c1-13-8-19(29(27-13)21-18(24)10-17(23)11-25-21)26-22(31)16-9-20(30)28(12-16)14(2)15-6-4-3-5-7-15/h3-8,10-11,14,16H,9,12H2,1-2H3,(H,26,31). The Morgan fingerprint density at radius 2 is 1.97 bits per heavy atom. The van der Waals surface area contributed by atoms with Crippen LogP contribution in [0.3, 0.4) is 0 Å². The van der Waals surface area contributed by atoms with Gasteiger partial charge < -0.3 is 10.2 Å². The third-order valence-corrected chi connectivity index (χ3v) is 5.84. The molecule has 0 radical (unpaired) electrons. The number of aryl methyl sites for hydroxylation is 1. The first kappa shape index (κ1) is 21.3. The van der Waals surface area contributed by atoms with Crippen molar-refractivity contribution in [3.05, 3.63) is 70.0 Å². The third-order valence-electron chi connectivity index (χ3n) is 5.35. The highest BCUT2D eigenvalue weighted by Crippen LogP contribution is 2.30. The second kappa shape index (κ2) is 8.69. The van der Waals surface area contributed by atoms with Crippen LogP contribution < -0.4 is 5.32 Å². The van der Waals surface area contributed by atoms with E-state index in [1.807, 2.05) is 37.3 Å². The topological polar surface area (TPSA) is 80.1 Å². The van der Waals surface area contributed by atoms with Gasteiger partial charge in [0.25, 0.3) is 0 Å². The van der Waals surface area contributed by atoms with E-state index < -0.39 is 5.92 Å². The number of halogens is 2. The fraction of sp³-hybridized carbons (Fsp3) is 0.273. The molecule has 9 heteroatoms. The molecule has 1 aliphatic heterocycles. The van der Waals surface area contributed by atoms with Crippen molar-refractivity contribution >= 4 is 40.8 Å². The number of carbonyl (C=O) groups excluding carboxylic acids is 2. The number of nitrogens with one attached hydrogen (secondary N) is 1. The number of amides is 2. The summed E-state index contributed by atoms with van der Waals surface area (Å²) in [5.41, 5.74) is 1.72. The molecule has 4 rings (SSSR count). The average molecular weight is 458 g/mol. The summed E-state index contributed by atoms with van der Waals surface area (Å²) >= 11 is 12.2. The number of nitrogens with zero attached hydrogens (tertiary/aromatic N) is 4. The third kappa shape index (κ3) is 4.43. The highest BCUT2D eigenvalue weighted by Gasteiger charge is 2.37. The lowest BCUT2D eigenvalue weighted by molar-refractivity contribution is -0.129. The van der Waals surface area contributed by atoms with E-state index in [-0.39, 0.29) is 24.3 Å². The summed E-state index contributed by atoms with van der Waals surface area (Å²) in [6, 6.07) is 13.0. The SMILES string of the molecule is Cc1cc(NC(=O)C2CC(=O)N(C(C)c3ccccc3)C2)n(-c2ncc(Cl)cc2Cl)n1. The molecule has 3 aromatic rings. The number of carbonyl (C=O) groups is 2. The molecule has 3 heterocycles. The first-order valence-electron chi connectivity index (χ1n) is 9.87. The molecule has 1 saturated heterocycles. The molecule has 2 amide bonds. The number of anilines is 1. The molecule has 1 fully saturated rings. The van der Waals surface area contributed by atoms with Crippen LogP contribution in [0.4, 0.5) is 5.82 Å². The Kier molecular flexibility index (Phi) is 5.98. The average Bonchev–Trinajstić information content (AvgIpc) is 3.30. The molecule has 2 atom stereocenters. The first-order chi connectivity index (χ1) is 14.8. The Balaban J connectivity index is 1.51. The number of pyridine rings is 1. The van der Waals surface area contributed by atoms with E-state index in [1.54, 1.807) is 24.0 Å². The second-order valence-electron chi connectivity index (χ2n) is 7.56. The first-order valence-corrected chi connectivity index (χ1v) is 10.6. The molecule has 31 heavy (non-hydrogen) atoms. The van der Waals surface area contributed by atoms with E-state index in [9.17, 15) is 9.59 Å². The summed E-state index contributed by atoms with van der Waals surface area (Å²) in [6.07, 6.45) is 1.62. The molecule has 1 aliphatic rings. The van der Waals surface area contributed by atoms with Gasteiger partial charge in [-0.1, -0.05) is 53.5 Å². The van der Waals surface area contributed by atoms with Crippen molar-refractivity contribution in [3.8, 4) is 5.82 Å². The number of hydrogen-bond acceptors (Lipinski definition) is 4. The highest BCUT2D eigenvalue weighted by molar-refractivity contribution is 6.35. The largest absolute Gasteiger partial charge is 0.335 e. The van der Waals surface area contributed by atoms with Gasteiger partial charge in [-0.05, 0) is 25.5 Å². The minimum Gasteiger partial charge on any atom is -0.335 e. The highest BCUT2D eigenvalue weighted by atomic mass is 35.5. The predicted molar refractivity (Wildman–Crippen MR) is 119 cm³/mol. The van der Waals surface area contributed by atoms with Crippen molar-refractivity contribution in [2.24, 2.45) is 5.92 Å². The van der Waals surface area contributed by atoms with Crippen LogP contribution in [0.5, 0.6) is 0 Å². The summed E-state index contributed by atoms with van der Waals surface area (Å²) in [6.45, 7) is 4.13. The molecule has 0 aliphatic carbocycles. The van der Waals surface area contributed by atoms with E-state index in [4.69, 9.17) is 23.2 Å². The molecular weight excluding hydrogens is 437 g/mol. The van der Waals surface area contributed by atoms with Crippen LogP contribution in [0.2, 0.25) is 10.0 Å². The summed E-state index contributed by atoms with van der Waals surface area (Å²) in [7, 11) is 0. The van der Waals surface area contributed by atoms with E-state index in [0.29, 0.717) is 33.9 Å². The van der Waals surface area contributed by atoms with Gasteiger partial charge >= 0.3 is 0 Å².